The van der Waals surface area contributed by atoms with Crippen LogP contribution in [0.25, 0.3) is 0 Å². The zero-order valence-electron chi connectivity index (χ0n) is 16.1. The van der Waals surface area contributed by atoms with Crippen molar-refractivity contribution < 1.29 is 15.0 Å². The molecule has 7 nitrogen and oxygen atoms in total. The van der Waals surface area contributed by atoms with Crippen LogP contribution in [0.3, 0.4) is 0 Å². The van der Waals surface area contributed by atoms with Gasteiger partial charge in [-0.1, -0.05) is 35.3 Å². The number of benzene rings is 2. The van der Waals surface area contributed by atoms with Crippen molar-refractivity contribution in [2.75, 3.05) is 7.11 Å². The molecule has 0 aliphatic rings. The highest BCUT2D eigenvalue weighted by molar-refractivity contribution is 8.00. The van der Waals surface area contributed by atoms with Gasteiger partial charge < -0.3 is 14.5 Å². The zero-order chi connectivity index (χ0) is 21.9. The molecule has 30 heavy (non-hydrogen) atoms. The highest BCUT2D eigenvalue weighted by Gasteiger charge is 2.15. The van der Waals surface area contributed by atoms with E-state index >= 15 is 0 Å². The Hall–Kier alpha value is -2.42. The number of imidazole rings is 1. The molecule has 1 heterocycles. The summed E-state index contributed by atoms with van der Waals surface area (Å²) in [5.74, 6) is 0.849. The first-order valence-corrected chi connectivity index (χ1v) is 10.5. The number of hydrogen-bond donors (Lipinski definition) is 1. The fourth-order valence-corrected chi connectivity index (χ4v) is 4.39. The Morgan fingerprint density at radius 3 is 2.50 bits per heavy atom. The van der Waals surface area contributed by atoms with Gasteiger partial charge >= 0.3 is 0 Å². The van der Waals surface area contributed by atoms with Gasteiger partial charge in [0.2, 0.25) is 0 Å². The van der Waals surface area contributed by atoms with Crippen LogP contribution in [0.5, 0.6) is 5.75 Å². The monoisotopic (exact) mass is 469 g/mol. The lowest BCUT2D eigenvalue weighted by atomic mass is 10.1. The third-order valence-electron chi connectivity index (χ3n) is 4.06. The number of thioether (sulfide) groups is 1. The molecule has 160 valence electrons. The molecular weight excluding hydrogens is 449 g/mol. The quantitative estimate of drug-likeness (QED) is 0.260. The Kier molecular flexibility index (Phi) is 9.79. The molecule has 0 fully saturated rings. The van der Waals surface area contributed by atoms with Crippen molar-refractivity contribution in [3.63, 3.8) is 0 Å². The van der Waals surface area contributed by atoms with Gasteiger partial charge in [-0.3, -0.25) is 0 Å². The van der Waals surface area contributed by atoms with E-state index in [0.717, 1.165) is 35.1 Å². The fraction of sp³-hybridized carbons (Fsp3) is 0.250. The van der Waals surface area contributed by atoms with Crippen LogP contribution in [0.2, 0.25) is 10.0 Å². The average Bonchev–Trinajstić information content (AvgIpc) is 3.20. The highest BCUT2D eigenvalue weighted by atomic mass is 35.5. The normalized spacial score (nSPS) is 11.3. The summed E-state index contributed by atoms with van der Waals surface area (Å²) >= 11 is 14.0. The summed E-state index contributed by atoms with van der Waals surface area (Å²) < 4.78 is 7.61. The Balaban J connectivity index is 0.000000735. The Labute approximate surface area is 188 Å². The van der Waals surface area contributed by atoms with E-state index < -0.39 is 5.09 Å². The average molecular weight is 470 g/mol. The highest BCUT2D eigenvalue weighted by Crippen LogP contribution is 2.36. The minimum Gasteiger partial charge on any atom is -0.496 e. The van der Waals surface area contributed by atoms with Crippen molar-refractivity contribution >= 4 is 35.0 Å². The molecule has 1 aromatic heterocycles. The number of ether oxygens (including phenoxy) is 1. The van der Waals surface area contributed by atoms with Gasteiger partial charge in [0, 0.05) is 34.2 Å². The topological polar surface area (TPSA) is 90.4 Å². The third kappa shape index (κ3) is 8.52. The van der Waals surface area contributed by atoms with Crippen molar-refractivity contribution in [1.82, 2.24) is 9.55 Å². The van der Waals surface area contributed by atoms with Crippen molar-refractivity contribution in [3.05, 3.63) is 86.9 Å². The van der Waals surface area contributed by atoms with E-state index in [4.69, 9.17) is 43.3 Å². The van der Waals surface area contributed by atoms with Crippen molar-refractivity contribution in [3.8, 4) is 5.75 Å². The van der Waals surface area contributed by atoms with E-state index in [0.29, 0.717) is 10.3 Å². The molecule has 1 N–H and O–H groups in total. The van der Waals surface area contributed by atoms with Crippen LogP contribution in [-0.2, 0) is 13.0 Å². The van der Waals surface area contributed by atoms with Gasteiger partial charge in [-0.2, -0.15) is 0 Å². The first kappa shape index (κ1) is 23.9. The second-order valence-electron chi connectivity index (χ2n) is 6.20. The molecule has 1 unspecified atom stereocenters. The first-order chi connectivity index (χ1) is 14.4. The van der Waals surface area contributed by atoms with Gasteiger partial charge in [-0.15, -0.1) is 21.9 Å². The summed E-state index contributed by atoms with van der Waals surface area (Å²) in [4.78, 5) is 13.6. The van der Waals surface area contributed by atoms with Crippen molar-refractivity contribution in [2.24, 2.45) is 0 Å². The van der Waals surface area contributed by atoms with Crippen LogP contribution >= 0.6 is 35.0 Å². The van der Waals surface area contributed by atoms with Gasteiger partial charge in [0.15, 0.2) is 0 Å². The molecule has 3 rings (SSSR count). The summed E-state index contributed by atoms with van der Waals surface area (Å²) in [6, 6.07) is 13.8. The predicted molar refractivity (Wildman–Crippen MR) is 118 cm³/mol. The van der Waals surface area contributed by atoms with E-state index in [1.807, 2.05) is 42.9 Å². The van der Waals surface area contributed by atoms with E-state index in [2.05, 4.69) is 21.7 Å². The number of methoxy groups -OCH3 is 1. The van der Waals surface area contributed by atoms with Crippen LogP contribution in [0.15, 0.2) is 66.1 Å². The van der Waals surface area contributed by atoms with E-state index in [1.54, 1.807) is 25.1 Å². The molecule has 0 bridgehead atoms. The minimum atomic E-state index is -1.50. The SMILES string of the molecule is COc1ccc(Cl)cc1SC(CCc1ccc(Cl)cc1)Cn1ccnc1.O=[N+]([O-])O. The summed E-state index contributed by atoms with van der Waals surface area (Å²) in [5.41, 5.74) is 1.28. The minimum absolute atomic E-state index is 0.354. The van der Waals surface area contributed by atoms with Crippen LogP contribution in [-0.4, -0.2) is 32.2 Å². The fourth-order valence-electron chi connectivity index (χ4n) is 2.72. The third-order valence-corrected chi connectivity index (χ3v) is 5.84. The summed E-state index contributed by atoms with van der Waals surface area (Å²) in [6.07, 6.45) is 7.64. The first-order valence-electron chi connectivity index (χ1n) is 8.91. The summed E-state index contributed by atoms with van der Waals surface area (Å²) in [7, 11) is 1.69. The molecule has 3 aromatic rings. The number of rotatable bonds is 8. The zero-order valence-corrected chi connectivity index (χ0v) is 18.5. The second-order valence-corrected chi connectivity index (χ2v) is 8.41. The van der Waals surface area contributed by atoms with Crippen LogP contribution in [0.1, 0.15) is 12.0 Å². The van der Waals surface area contributed by atoms with Crippen LogP contribution in [0, 0.1) is 10.1 Å². The number of aryl methyl sites for hydroxylation is 1. The van der Waals surface area contributed by atoms with Gasteiger partial charge in [0.25, 0.3) is 5.09 Å². The maximum Gasteiger partial charge on any atom is 0.291 e. The molecule has 1 atom stereocenters. The largest absolute Gasteiger partial charge is 0.496 e. The molecule has 0 saturated heterocycles. The van der Waals surface area contributed by atoms with E-state index in [9.17, 15) is 0 Å². The summed E-state index contributed by atoms with van der Waals surface area (Å²) in [5, 5.41) is 15.5. The van der Waals surface area contributed by atoms with Gasteiger partial charge in [-0.05, 0) is 48.7 Å². The lowest BCUT2D eigenvalue weighted by Gasteiger charge is -2.19. The maximum absolute atomic E-state index is 8.36. The van der Waals surface area contributed by atoms with Crippen LogP contribution in [0.4, 0.5) is 0 Å². The van der Waals surface area contributed by atoms with E-state index in [1.165, 1.54) is 5.56 Å². The maximum atomic E-state index is 8.36. The van der Waals surface area contributed by atoms with Gasteiger partial charge in [0.1, 0.15) is 5.75 Å². The summed E-state index contributed by atoms with van der Waals surface area (Å²) in [6.45, 7) is 0.869. The molecule has 0 spiro atoms. The second kappa shape index (κ2) is 12.3. The Morgan fingerprint density at radius 1 is 1.23 bits per heavy atom. The Bertz CT molecular complexity index is 920. The number of hydrogen-bond acceptors (Lipinski definition) is 5. The van der Waals surface area contributed by atoms with Crippen molar-refractivity contribution in [1.29, 1.82) is 0 Å². The van der Waals surface area contributed by atoms with E-state index in [-0.39, 0.29) is 0 Å². The van der Waals surface area contributed by atoms with Gasteiger partial charge in [0.05, 0.1) is 18.3 Å². The molecule has 10 heteroatoms. The number of nitrogens with zero attached hydrogens (tertiary/aromatic N) is 3. The number of aromatic nitrogens is 2. The molecular formula is C20H21Cl2N3O4S. The molecule has 0 amide bonds. The Morgan fingerprint density at radius 2 is 1.90 bits per heavy atom. The lowest BCUT2D eigenvalue weighted by Crippen LogP contribution is -2.13. The standard InChI is InChI=1S/C20H20Cl2N2OS.HNO3/c1-25-19-9-7-17(22)12-20(19)26-18(13-24-11-10-23-14-24)8-4-15-2-5-16(21)6-3-15;2-1(3)4/h2-3,5-7,9-12,14,18H,4,8,13H2,1H3;(H,2,3,4). The van der Waals surface area contributed by atoms with Crippen molar-refractivity contribution in [2.45, 2.75) is 29.5 Å². The number of halogens is 2. The molecule has 2 aromatic carbocycles. The molecule has 0 saturated carbocycles. The lowest BCUT2D eigenvalue weighted by molar-refractivity contribution is -0.742. The van der Waals surface area contributed by atoms with Gasteiger partial charge in [-0.25, -0.2) is 4.98 Å². The predicted octanol–water partition coefficient (Wildman–Crippen LogP) is 5.64. The molecule has 0 aliphatic heterocycles. The smallest absolute Gasteiger partial charge is 0.291 e. The van der Waals surface area contributed by atoms with Crippen LogP contribution < -0.4 is 4.74 Å². The molecule has 0 radical (unpaired) electrons. The molecule has 0 aliphatic carbocycles.